The third-order valence-electron chi connectivity index (χ3n) is 7.98. The molecular weight excluding hydrogens is 573 g/mol. The third-order valence-corrected chi connectivity index (χ3v) is 7.98. The zero-order valence-corrected chi connectivity index (χ0v) is 23.8. The normalized spacial score (nSPS) is 23.1. The van der Waals surface area contributed by atoms with E-state index < -0.39 is 59.5 Å². The minimum Gasteiger partial charge on any atom is -0.342 e. The van der Waals surface area contributed by atoms with Crippen LogP contribution in [0, 0.1) is 0 Å². The van der Waals surface area contributed by atoms with Gasteiger partial charge in [0.15, 0.2) is 0 Å². The fraction of sp³-hybridized carbons (Fsp3) is 0.333. The highest BCUT2D eigenvalue weighted by molar-refractivity contribution is 5.98. The molecule has 0 radical (unpaired) electrons. The SMILES string of the molecule is O=C1N[C@H](Cc2cccc(C(F)(F)F)c2)C(=O)N[C@@H](Cc2ccccc2)C(=O)N2CCC[C@@H]2C(=O)N[C@H]1Cc1ccccc1. The van der Waals surface area contributed by atoms with Crippen molar-refractivity contribution in [1.29, 1.82) is 0 Å². The van der Waals surface area contributed by atoms with Crippen molar-refractivity contribution in [3.05, 3.63) is 107 Å². The Balaban J connectivity index is 1.50. The first-order valence-corrected chi connectivity index (χ1v) is 14.5. The van der Waals surface area contributed by atoms with Gasteiger partial charge < -0.3 is 20.9 Å². The van der Waals surface area contributed by atoms with Gasteiger partial charge >= 0.3 is 6.18 Å². The van der Waals surface area contributed by atoms with Crippen LogP contribution < -0.4 is 16.0 Å². The summed E-state index contributed by atoms with van der Waals surface area (Å²) in [6.07, 6.45) is -3.67. The molecule has 0 aliphatic carbocycles. The van der Waals surface area contributed by atoms with E-state index >= 15 is 0 Å². The molecule has 0 unspecified atom stereocenters. The molecule has 3 aromatic rings. The van der Waals surface area contributed by atoms with E-state index in [0.717, 1.165) is 23.3 Å². The summed E-state index contributed by atoms with van der Waals surface area (Å²) in [5, 5.41) is 8.22. The van der Waals surface area contributed by atoms with Gasteiger partial charge in [-0.3, -0.25) is 19.2 Å². The van der Waals surface area contributed by atoms with E-state index in [9.17, 15) is 32.3 Å². The number of amides is 4. The molecule has 0 spiro atoms. The molecule has 2 fully saturated rings. The van der Waals surface area contributed by atoms with Crippen molar-refractivity contribution in [2.45, 2.75) is 62.4 Å². The number of halogens is 3. The number of nitrogens with one attached hydrogen (secondary N) is 3. The lowest BCUT2D eigenvalue weighted by Crippen LogP contribution is -2.62. The second-order valence-corrected chi connectivity index (χ2v) is 11.2. The molecule has 4 atom stereocenters. The third kappa shape index (κ3) is 7.45. The van der Waals surface area contributed by atoms with Crippen LogP contribution in [0.25, 0.3) is 0 Å². The molecule has 3 aromatic carbocycles. The molecule has 3 N–H and O–H groups in total. The molecule has 4 amide bonds. The average Bonchev–Trinajstić information content (AvgIpc) is 3.50. The summed E-state index contributed by atoms with van der Waals surface area (Å²) >= 11 is 0. The van der Waals surface area contributed by atoms with Gasteiger partial charge in [0.1, 0.15) is 24.2 Å². The summed E-state index contributed by atoms with van der Waals surface area (Å²) in [4.78, 5) is 56.5. The van der Waals surface area contributed by atoms with E-state index in [1.165, 1.54) is 17.0 Å². The highest BCUT2D eigenvalue weighted by Gasteiger charge is 2.41. The van der Waals surface area contributed by atoms with Crippen molar-refractivity contribution in [2.24, 2.45) is 0 Å². The largest absolute Gasteiger partial charge is 0.416 e. The van der Waals surface area contributed by atoms with Crippen molar-refractivity contribution in [2.75, 3.05) is 6.54 Å². The van der Waals surface area contributed by atoms with Crippen LogP contribution in [0.2, 0.25) is 0 Å². The lowest BCUT2D eigenvalue weighted by atomic mass is 9.99. The number of fused-ring (bicyclic) bond motifs is 1. The maximum absolute atomic E-state index is 13.9. The summed E-state index contributed by atoms with van der Waals surface area (Å²) in [7, 11) is 0. The molecule has 2 heterocycles. The number of hydrogen-bond donors (Lipinski definition) is 3. The monoisotopic (exact) mass is 606 g/mol. The second kappa shape index (κ2) is 13.3. The lowest BCUT2D eigenvalue weighted by Gasteiger charge is -2.32. The van der Waals surface area contributed by atoms with Gasteiger partial charge in [0.2, 0.25) is 23.6 Å². The maximum Gasteiger partial charge on any atom is 0.416 e. The molecule has 230 valence electrons. The quantitative estimate of drug-likeness (QED) is 0.401. The summed E-state index contributed by atoms with van der Waals surface area (Å²) in [5.74, 6) is -2.30. The van der Waals surface area contributed by atoms with Gasteiger partial charge in [-0.25, -0.2) is 0 Å². The minimum atomic E-state index is -4.60. The predicted octanol–water partition coefficient (Wildman–Crippen LogP) is 3.19. The summed E-state index contributed by atoms with van der Waals surface area (Å²) in [6, 6.07) is 18.2. The number of carbonyl (C=O) groups excluding carboxylic acids is 4. The van der Waals surface area contributed by atoms with Crippen molar-refractivity contribution >= 4 is 23.6 Å². The number of alkyl halides is 3. The molecule has 2 aliphatic heterocycles. The topological polar surface area (TPSA) is 108 Å². The van der Waals surface area contributed by atoms with Crippen molar-refractivity contribution in [3.8, 4) is 0 Å². The van der Waals surface area contributed by atoms with Gasteiger partial charge in [-0.2, -0.15) is 13.2 Å². The lowest BCUT2D eigenvalue weighted by molar-refractivity contribution is -0.143. The molecule has 8 nitrogen and oxygen atoms in total. The smallest absolute Gasteiger partial charge is 0.342 e. The van der Waals surface area contributed by atoms with Crippen LogP contribution in [0.5, 0.6) is 0 Å². The van der Waals surface area contributed by atoms with Crippen LogP contribution in [0.3, 0.4) is 0 Å². The van der Waals surface area contributed by atoms with Crippen LogP contribution >= 0.6 is 0 Å². The molecule has 5 rings (SSSR count). The van der Waals surface area contributed by atoms with Gasteiger partial charge in [-0.15, -0.1) is 0 Å². The highest BCUT2D eigenvalue weighted by atomic mass is 19.4. The van der Waals surface area contributed by atoms with Gasteiger partial charge in [-0.1, -0.05) is 78.9 Å². The summed E-state index contributed by atoms with van der Waals surface area (Å²) in [6.45, 7) is 0.307. The van der Waals surface area contributed by atoms with E-state index in [2.05, 4.69) is 16.0 Å². The van der Waals surface area contributed by atoms with Gasteiger partial charge in [-0.05, 0) is 35.6 Å². The Bertz CT molecular complexity index is 1500. The number of hydrogen-bond acceptors (Lipinski definition) is 4. The second-order valence-electron chi connectivity index (χ2n) is 11.2. The van der Waals surface area contributed by atoms with E-state index in [-0.39, 0.29) is 24.8 Å². The summed E-state index contributed by atoms with van der Waals surface area (Å²) in [5.41, 5.74) is 0.795. The number of rotatable bonds is 6. The van der Waals surface area contributed by atoms with Crippen LogP contribution in [-0.4, -0.2) is 59.2 Å². The Morgan fingerprint density at radius 3 is 1.73 bits per heavy atom. The zero-order valence-electron chi connectivity index (χ0n) is 23.8. The number of benzene rings is 3. The van der Waals surface area contributed by atoms with Crippen molar-refractivity contribution in [3.63, 3.8) is 0 Å². The zero-order chi connectivity index (χ0) is 31.3. The van der Waals surface area contributed by atoms with Crippen LogP contribution in [-0.2, 0) is 44.6 Å². The number of nitrogens with zero attached hydrogens (tertiary/aromatic N) is 1. The fourth-order valence-electron chi connectivity index (χ4n) is 5.74. The number of carbonyl (C=O) groups is 4. The van der Waals surface area contributed by atoms with E-state index in [1.54, 1.807) is 48.5 Å². The maximum atomic E-state index is 13.9. The molecule has 0 bridgehead atoms. The molecule has 2 saturated heterocycles. The Hall–Kier alpha value is -4.67. The van der Waals surface area contributed by atoms with Crippen molar-refractivity contribution < 1.29 is 32.3 Å². The van der Waals surface area contributed by atoms with Crippen LogP contribution in [0.15, 0.2) is 84.9 Å². The molecule has 44 heavy (non-hydrogen) atoms. The molecule has 0 aromatic heterocycles. The molecule has 2 aliphatic rings. The fourth-order valence-corrected chi connectivity index (χ4v) is 5.74. The Morgan fingerprint density at radius 2 is 1.14 bits per heavy atom. The van der Waals surface area contributed by atoms with Crippen molar-refractivity contribution in [1.82, 2.24) is 20.9 Å². The van der Waals surface area contributed by atoms with Crippen LogP contribution in [0.1, 0.15) is 35.1 Å². The van der Waals surface area contributed by atoms with Gasteiger partial charge in [0.05, 0.1) is 5.56 Å². The molecule has 11 heteroatoms. The first kappa shape index (κ1) is 30.8. The standard InChI is InChI=1S/C33H33F3N4O4/c34-33(35,36)24-14-7-13-23(17-24)20-26-30(42)39-27(19-22-11-5-2-6-12-22)32(44)40-16-8-15-28(40)31(43)38-25(29(41)37-26)18-21-9-3-1-4-10-21/h1-7,9-14,17,25-28H,8,15-16,18-20H2,(H,37,41)(H,38,43)(H,39,42)/t25-,26+,27-,28+/m0/s1. The first-order chi connectivity index (χ1) is 21.1. The summed E-state index contributed by atoms with van der Waals surface area (Å²) < 4.78 is 40.4. The Labute approximate surface area is 253 Å². The molecular formula is C33H33F3N4O4. The molecule has 0 saturated carbocycles. The first-order valence-electron chi connectivity index (χ1n) is 14.5. The Morgan fingerprint density at radius 1 is 0.636 bits per heavy atom. The predicted molar refractivity (Wildman–Crippen MR) is 156 cm³/mol. The Kier molecular flexibility index (Phi) is 9.32. The van der Waals surface area contributed by atoms with Gasteiger partial charge in [0, 0.05) is 25.8 Å². The minimum absolute atomic E-state index is 0.105. The van der Waals surface area contributed by atoms with E-state index in [1.807, 2.05) is 12.1 Å². The van der Waals surface area contributed by atoms with Gasteiger partial charge in [0.25, 0.3) is 0 Å². The van der Waals surface area contributed by atoms with E-state index in [0.29, 0.717) is 19.4 Å². The van der Waals surface area contributed by atoms with E-state index in [4.69, 9.17) is 0 Å². The highest BCUT2D eigenvalue weighted by Crippen LogP contribution is 2.30. The van der Waals surface area contributed by atoms with Crippen LogP contribution in [0.4, 0.5) is 13.2 Å². The average molecular weight is 607 g/mol.